The summed E-state index contributed by atoms with van der Waals surface area (Å²) in [5, 5.41) is 0. The second-order valence-corrected chi connectivity index (χ2v) is 9.07. The summed E-state index contributed by atoms with van der Waals surface area (Å²) in [5.74, 6) is -0.414. The van der Waals surface area contributed by atoms with Crippen LogP contribution in [0.3, 0.4) is 0 Å². The highest BCUT2D eigenvalue weighted by Gasteiger charge is 2.50. The van der Waals surface area contributed by atoms with Gasteiger partial charge >= 0.3 is 0 Å². The maximum Gasteiger partial charge on any atom is 0.173 e. The number of Topliss-reactive ketones (excluding diaryl/α,β-unsaturated/α-hetero) is 2. The van der Waals surface area contributed by atoms with Gasteiger partial charge in [-0.3, -0.25) is 14.6 Å². The fourth-order valence-electron chi connectivity index (χ4n) is 5.02. The number of ketones is 2. The summed E-state index contributed by atoms with van der Waals surface area (Å²) >= 11 is 0. The number of carbonyl (C=O) groups excluding carboxylic acids is 2. The highest BCUT2D eigenvalue weighted by Crippen LogP contribution is 2.51. The highest BCUT2D eigenvalue weighted by molar-refractivity contribution is 6.30. The van der Waals surface area contributed by atoms with E-state index in [0.717, 1.165) is 40.1 Å². The molecular weight excluding hydrogens is 346 g/mol. The van der Waals surface area contributed by atoms with E-state index < -0.39 is 5.92 Å². The Hall–Kier alpha value is -2.81. The second-order valence-electron chi connectivity index (χ2n) is 9.07. The minimum atomic E-state index is -0.399. The molecule has 0 N–H and O–H groups in total. The lowest BCUT2D eigenvalue weighted by Crippen LogP contribution is -2.37. The standard InChI is InChI=1S/C25H23NO2/c1-14-8-10-15(11-9-14)20-21-18(12-25(2,3)13-19(21)27)26-23-16-6-4-5-7-17(16)24(28)22(20)23/h4-11,20,22H,12-13H2,1-3H3/t20-,22+/m1/s1. The zero-order chi connectivity index (χ0) is 19.6. The number of benzene rings is 2. The van der Waals surface area contributed by atoms with Crippen molar-refractivity contribution in [2.24, 2.45) is 16.3 Å². The second kappa shape index (κ2) is 5.84. The Morgan fingerprint density at radius 3 is 2.29 bits per heavy atom. The molecule has 0 saturated carbocycles. The first-order chi connectivity index (χ1) is 13.4. The number of hydrogen-bond donors (Lipinski definition) is 0. The van der Waals surface area contributed by atoms with E-state index in [1.54, 1.807) is 0 Å². The van der Waals surface area contributed by atoms with Gasteiger partial charge in [-0.1, -0.05) is 67.9 Å². The molecule has 2 aromatic rings. The molecule has 2 atom stereocenters. The molecule has 0 radical (unpaired) electrons. The van der Waals surface area contributed by atoms with Crippen LogP contribution in [0.15, 0.2) is 64.8 Å². The monoisotopic (exact) mass is 369 g/mol. The van der Waals surface area contributed by atoms with Crippen molar-refractivity contribution in [1.29, 1.82) is 0 Å². The Kier molecular flexibility index (Phi) is 3.61. The van der Waals surface area contributed by atoms with E-state index in [1.807, 2.05) is 31.2 Å². The SMILES string of the molecule is Cc1ccc([C@@H]2C3=C(CC(C)(C)CC3=O)N=C3c4ccccc4C(=O)[C@H]32)cc1. The van der Waals surface area contributed by atoms with Crippen molar-refractivity contribution in [2.75, 3.05) is 0 Å². The average Bonchev–Trinajstić information content (AvgIpc) is 2.93. The van der Waals surface area contributed by atoms with Gasteiger partial charge in [-0.15, -0.1) is 0 Å². The van der Waals surface area contributed by atoms with E-state index in [0.29, 0.717) is 6.42 Å². The van der Waals surface area contributed by atoms with Crippen LogP contribution in [0, 0.1) is 18.3 Å². The first kappa shape index (κ1) is 17.3. The van der Waals surface area contributed by atoms with Crippen LogP contribution in [-0.4, -0.2) is 17.3 Å². The normalized spacial score (nSPS) is 25.2. The Balaban J connectivity index is 1.76. The van der Waals surface area contributed by atoms with Gasteiger partial charge in [-0.25, -0.2) is 0 Å². The molecule has 0 bridgehead atoms. The van der Waals surface area contributed by atoms with Gasteiger partial charge in [0.2, 0.25) is 0 Å². The van der Waals surface area contributed by atoms with E-state index >= 15 is 0 Å². The number of aryl methyl sites for hydroxylation is 1. The fraction of sp³-hybridized carbons (Fsp3) is 0.320. The largest absolute Gasteiger partial charge is 0.294 e. The third-order valence-electron chi connectivity index (χ3n) is 6.28. The van der Waals surface area contributed by atoms with Crippen LogP contribution in [0.25, 0.3) is 0 Å². The van der Waals surface area contributed by atoms with Gasteiger partial charge in [0.25, 0.3) is 0 Å². The van der Waals surface area contributed by atoms with Gasteiger partial charge in [0, 0.05) is 34.7 Å². The molecule has 1 heterocycles. The van der Waals surface area contributed by atoms with Crippen molar-refractivity contribution in [3.05, 3.63) is 82.1 Å². The predicted molar refractivity (Wildman–Crippen MR) is 110 cm³/mol. The van der Waals surface area contributed by atoms with Gasteiger partial charge in [0.05, 0.1) is 11.6 Å². The van der Waals surface area contributed by atoms with E-state index in [4.69, 9.17) is 4.99 Å². The number of fused-ring (bicyclic) bond motifs is 3. The van der Waals surface area contributed by atoms with Gasteiger partial charge in [-0.2, -0.15) is 0 Å². The minimum Gasteiger partial charge on any atom is -0.294 e. The molecule has 0 aromatic heterocycles. The van der Waals surface area contributed by atoms with Crippen LogP contribution in [-0.2, 0) is 4.79 Å². The molecule has 3 heteroatoms. The summed E-state index contributed by atoms with van der Waals surface area (Å²) in [6.45, 7) is 6.29. The molecule has 5 rings (SSSR count). The third-order valence-corrected chi connectivity index (χ3v) is 6.28. The Bertz CT molecular complexity index is 1090. The summed E-state index contributed by atoms with van der Waals surface area (Å²) in [7, 11) is 0. The summed E-state index contributed by atoms with van der Waals surface area (Å²) in [5.41, 5.74) is 6.24. The Morgan fingerprint density at radius 1 is 0.893 bits per heavy atom. The van der Waals surface area contributed by atoms with Crippen LogP contribution in [0.1, 0.15) is 59.7 Å². The van der Waals surface area contributed by atoms with Gasteiger partial charge < -0.3 is 0 Å². The van der Waals surface area contributed by atoms with Crippen LogP contribution in [0.2, 0.25) is 0 Å². The molecule has 1 aliphatic heterocycles. The quantitative estimate of drug-likeness (QED) is 0.707. The molecule has 0 amide bonds. The number of carbonyl (C=O) groups is 2. The zero-order valence-corrected chi connectivity index (χ0v) is 16.5. The molecular formula is C25H23NO2. The van der Waals surface area contributed by atoms with Crippen LogP contribution in [0.5, 0.6) is 0 Å². The molecule has 0 fully saturated rings. The van der Waals surface area contributed by atoms with Crippen LogP contribution in [0.4, 0.5) is 0 Å². The van der Waals surface area contributed by atoms with Gasteiger partial charge in [0.15, 0.2) is 11.6 Å². The van der Waals surface area contributed by atoms with Crippen molar-refractivity contribution < 1.29 is 9.59 Å². The summed E-state index contributed by atoms with van der Waals surface area (Å²) in [4.78, 5) is 31.6. The lowest BCUT2D eigenvalue weighted by atomic mass is 9.66. The third kappa shape index (κ3) is 2.46. The van der Waals surface area contributed by atoms with Crippen molar-refractivity contribution in [3.63, 3.8) is 0 Å². The number of aliphatic imine (C=N–C) groups is 1. The van der Waals surface area contributed by atoms with Crippen LogP contribution < -0.4 is 0 Å². The summed E-state index contributed by atoms with van der Waals surface area (Å²) in [6, 6.07) is 16.0. The number of hydrogen-bond acceptors (Lipinski definition) is 3. The van der Waals surface area contributed by atoms with Gasteiger partial charge in [0.1, 0.15) is 0 Å². The molecule has 140 valence electrons. The van der Waals surface area contributed by atoms with Crippen molar-refractivity contribution in [1.82, 2.24) is 0 Å². The first-order valence-corrected chi connectivity index (χ1v) is 9.91. The molecule has 2 aliphatic carbocycles. The molecule has 0 unspecified atom stereocenters. The molecule has 3 aliphatic rings. The lowest BCUT2D eigenvalue weighted by Gasteiger charge is -2.38. The smallest absolute Gasteiger partial charge is 0.173 e. The number of nitrogens with zero attached hydrogens (tertiary/aromatic N) is 1. The van der Waals surface area contributed by atoms with Crippen molar-refractivity contribution in [2.45, 2.75) is 39.5 Å². The van der Waals surface area contributed by atoms with Crippen LogP contribution >= 0.6 is 0 Å². The van der Waals surface area contributed by atoms with E-state index in [9.17, 15) is 9.59 Å². The number of allylic oxidation sites excluding steroid dienone is 2. The topological polar surface area (TPSA) is 46.5 Å². The molecule has 28 heavy (non-hydrogen) atoms. The lowest BCUT2D eigenvalue weighted by molar-refractivity contribution is -0.118. The van der Waals surface area contributed by atoms with Crippen molar-refractivity contribution >= 4 is 17.3 Å². The number of rotatable bonds is 1. The molecule has 3 nitrogen and oxygen atoms in total. The maximum atomic E-state index is 13.4. The summed E-state index contributed by atoms with van der Waals surface area (Å²) < 4.78 is 0. The molecule has 2 aromatic carbocycles. The first-order valence-electron chi connectivity index (χ1n) is 9.91. The zero-order valence-electron chi connectivity index (χ0n) is 16.5. The Morgan fingerprint density at radius 2 is 1.57 bits per heavy atom. The van der Waals surface area contributed by atoms with E-state index in [2.05, 4.69) is 38.1 Å². The van der Waals surface area contributed by atoms with E-state index in [1.165, 1.54) is 5.56 Å². The molecule has 0 saturated heterocycles. The highest BCUT2D eigenvalue weighted by atomic mass is 16.1. The van der Waals surface area contributed by atoms with E-state index in [-0.39, 0.29) is 22.9 Å². The minimum absolute atomic E-state index is 0.0871. The maximum absolute atomic E-state index is 13.4. The van der Waals surface area contributed by atoms with Gasteiger partial charge in [-0.05, 0) is 24.3 Å². The predicted octanol–water partition coefficient (Wildman–Crippen LogP) is 5.04. The molecule has 0 spiro atoms. The Labute approximate surface area is 165 Å². The summed E-state index contributed by atoms with van der Waals surface area (Å²) in [6.07, 6.45) is 1.27. The fourth-order valence-corrected chi connectivity index (χ4v) is 5.02. The van der Waals surface area contributed by atoms with Crippen molar-refractivity contribution in [3.8, 4) is 0 Å². The average molecular weight is 369 g/mol.